The van der Waals surface area contributed by atoms with Crippen LogP contribution in [0.2, 0.25) is 0 Å². The van der Waals surface area contributed by atoms with Crippen LogP contribution in [0.3, 0.4) is 0 Å². The van der Waals surface area contributed by atoms with E-state index in [1.54, 1.807) is 12.1 Å². The number of allylic oxidation sites excluding steroid dienone is 2. The minimum Gasteiger partial charge on any atom is -0.391 e. The van der Waals surface area contributed by atoms with Gasteiger partial charge in [-0.1, -0.05) is 6.08 Å². The first-order valence-electron chi connectivity index (χ1n) is 4.92. The molecule has 0 radical (unpaired) electrons. The predicted molar refractivity (Wildman–Crippen MR) is 75.9 cm³/mol. The molecule has 0 bridgehead atoms. The van der Waals surface area contributed by atoms with E-state index in [4.69, 9.17) is 5.11 Å². The Kier molecular flexibility index (Phi) is 5.30. The number of nitro benzene ring substituents is 1. The monoisotopic (exact) mass is 345 g/mol. The van der Waals surface area contributed by atoms with Crippen molar-refractivity contribution in [2.75, 3.05) is 6.61 Å². The number of rotatable bonds is 4. The van der Waals surface area contributed by atoms with Crippen LogP contribution >= 0.6 is 22.6 Å². The van der Waals surface area contributed by atoms with Crippen LogP contribution in [0.4, 0.5) is 5.69 Å². The fourth-order valence-electron chi connectivity index (χ4n) is 1.29. The van der Waals surface area contributed by atoms with E-state index in [1.807, 2.05) is 19.1 Å². The molecular formula is C12H12INO3. The van der Waals surface area contributed by atoms with Gasteiger partial charge in [0, 0.05) is 15.7 Å². The summed E-state index contributed by atoms with van der Waals surface area (Å²) in [6.07, 6.45) is 3.76. The van der Waals surface area contributed by atoms with Crippen LogP contribution in [0.5, 0.6) is 0 Å². The van der Waals surface area contributed by atoms with Crippen molar-refractivity contribution in [2.45, 2.75) is 6.92 Å². The van der Waals surface area contributed by atoms with Gasteiger partial charge in [-0.15, -0.1) is 0 Å². The van der Waals surface area contributed by atoms with Crippen LogP contribution in [0, 0.1) is 10.1 Å². The zero-order valence-electron chi connectivity index (χ0n) is 9.26. The lowest BCUT2D eigenvalue weighted by atomic mass is 10.1. The molecule has 0 aliphatic rings. The average molecular weight is 345 g/mol. The zero-order valence-corrected chi connectivity index (χ0v) is 11.4. The van der Waals surface area contributed by atoms with E-state index in [9.17, 15) is 10.1 Å². The summed E-state index contributed by atoms with van der Waals surface area (Å²) < 4.78 is 0.846. The second kappa shape index (κ2) is 6.51. The Morgan fingerprint density at radius 2 is 2.06 bits per heavy atom. The summed E-state index contributed by atoms with van der Waals surface area (Å²) in [7, 11) is 0. The molecule has 4 nitrogen and oxygen atoms in total. The summed E-state index contributed by atoms with van der Waals surface area (Å²) in [5, 5.41) is 19.3. The maximum absolute atomic E-state index is 10.5. The molecule has 1 rings (SSSR count). The number of benzene rings is 1. The van der Waals surface area contributed by atoms with Crippen LogP contribution < -0.4 is 0 Å². The highest BCUT2D eigenvalue weighted by Gasteiger charge is 2.02. The molecule has 0 saturated heterocycles. The maximum atomic E-state index is 10.5. The number of aliphatic hydroxyl groups excluding tert-OH is 1. The molecule has 0 fully saturated rings. The van der Waals surface area contributed by atoms with Crippen LogP contribution in [-0.4, -0.2) is 16.6 Å². The van der Waals surface area contributed by atoms with Gasteiger partial charge < -0.3 is 5.11 Å². The number of nitrogens with zero attached hydrogens (tertiary/aromatic N) is 1. The smallest absolute Gasteiger partial charge is 0.269 e. The number of hydrogen-bond acceptors (Lipinski definition) is 3. The van der Waals surface area contributed by atoms with E-state index < -0.39 is 4.92 Å². The molecule has 0 spiro atoms. The van der Waals surface area contributed by atoms with Crippen molar-refractivity contribution >= 4 is 34.4 Å². The molecule has 0 aliphatic carbocycles. The van der Waals surface area contributed by atoms with Crippen molar-refractivity contribution < 1.29 is 10.0 Å². The highest BCUT2D eigenvalue weighted by molar-refractivity contribution is 14.1. The topological polar surface area (TPSA) is 63.4 Å². The van der Waals surface area contributed by atoms with E-state index in [0.717, 1.165) is 14.7 Å². The molecule has 0 saturated carbocycles. The molecule has 1 aromatic rings. The largest absolute Gasteiger partial charge is 0.391 e. The van der Waals surface area contributed by atoms with E-state index in [-0.39, 0.29) is 12.3 Å². The first-order valence-corrected chi connectivity index (χ1v) is 6.00. The summed E-state index contributed by atoms with van der Waals surface area (Å²) in [6, 6.07) is 6.34. The SMILES string of the molecule is CC(=C\c1ccc([N+](=O)[O-])cc1)/C=C(/I)CO. The maximum Gasteiger partial charge on any atom is 0.269 e. The van der Waals surface area contributed by atoms with E-state index in [2.05, 4.69) is 22.6 Å². The highest BCUT2D eigenvalue weighted by atomic mass is 127. The molecule has 0 heterocycles. The molecular weight excluding hydrogens is 333 g/mol. The second-order valence-electron chi connectivity index (χ2n) is 3.49. The average Bonchev–Trinajstić information content (AvgIpc) is 2.29. The summed E-state index contributed by atoms with van der Waals surface area (Å²) in [5.41, 5.74) is 1.96. The van der Waals surface area contributed by atoms with Crippen molar-refractivity contribution in [3.63, 3.8) is 0 Å². The number of non-ortho nitro benzene ring substituents is 1. The van der Waals surface area contributed by atoms with Crippen molar-refractivity contribution in [1.82, 2.24) is 0 Å². The molecule has 90 valence electrons. The zero-order chi connectivity index (χ0) is 12.8. The normalized spacial score (nSPS) is 12.6. The van der Waals surface area contributed by atoms with Gasteiger partial charge in [0.25, 0.3) is 5.69 Å². The fraction of sp³-hybridized carbons (Fsp3) is 0.167. The van der Waals surface area contributed by atoms with Gasteiger partial charge in [-0.05, 0) is 58.9 Å². The third-order valence-corrected chi connectivity index (χ3v) is 2.69. The highest BCUT2D eigenvalue weighted by Crippen LogP contribution is 2.16. The predicted octanol–water partition coefficient (Wildman–Crippen LogP) is 3.31. The van der Waals surface area contributed by atoms with Crippen molar-refractivity contribution in [3.05, 3.63) is 55.2 Å². The first-order chi connectivity index (χ1) is 8.02. The van der Waals surface area contributed by atoms with Crippen LogP contribution in [0.25, 0.3) is 6.08 Å². The summed E-state index contributed by atoms with van der Waals surface area (Å²) in [5.74, 6) is 0. The Morgan fingerprint density at radius 1 is 1.47 bits per heavy atom. The van der Waals surface area contributed by atoms with Crippen LogP contribution in [-0.2, 0) is 0 Å². The lowest BCUT2D eigenvalue weighted by molar-refractivity contribution is -0.384. The quantitative estimate of drug-likeness (QED) is 0.394. The Labute approximate surface area is 113 Å². The number of hydrogen-bond donors (Lipinski definition) is 1. The summed E-state index contributed by atoms with van der Waals surface area (Å²) in [4.78, 5) is 10.0. The van der Waals surface area contributed by atoms with E-state index in [0.29, 0.717) is 0 Å². The first kappa shape index (κ1) is 13.9. The minimum absolute atomic E-state index is 0.0198. The second-order valence-corrected chi connectivity index (χ2v) is 4.87. The Bertz CT molecular complexity index is 463. The Hall–Kier alpha value is -1.21. The molecule has 0 amide bonds. The van der Waals surface area contributed by atoms with Gasteiger partial charge in [-0.25, -0.2) is 0 Å². The van der Waals surface area contributed by atoms with Gasteiger partial charge in [0.2, 0.25) is 0 Å². The van der Waals surface area contributed by atoms with Crippen molar-refractivity contribution in [1.29, 1.82) is 0 Å². The molecule has 0 aliphatic heterocycles. The lowest BCUT2D eigenvalue weighted by Gasteiger charge is -1.97. The number of halogens is 1. The van der Waals surface area contributed by atoms with Gasteiger partial charge in [0.15, 0.2) is 0 Å². The van der Waals surface area contributed by atoms with E-state index >= 15 is 0 Å². The fourth-order valence-corrected chi connectivity index (χ4v) is 1.78. The Balaban J connectivity index is 2.88. The molecule has 0 atom stereocenters. The molecule has 17 heavy (non-hydrogen) atoms. The van der Waals surface area contributed by atoms with Crippen LogP contribution in [0.15, 0.2) is 39.5 Å². The summed E-state index contributed by atoms with van der Waals surface area (Å²) in [6.45, 7) is 1.93. The molecule has 1 N–H and O–H groups in total. The number of nitro groups is 1. The van der Waals surface area contributed by atoms with Crippen molar-refractivity contribution in [3.8, 4) is 0 Å². The molecule has 1 aromatic carbocycles. The van der Waals surface area contributed by atoms with Gasteiger partial charge in [-0.2, -0.15) is 0 Å². The third kappa shape index (κ3) is 4.66. The molecule has 5 heteroatoms. The Morgan fingerprint density at radius 3 is 2.53 bits per heavy atom. The van der Waals surface area contributed by atoms with E-state index in [1.165, 1.54) is 12.1 Å². The summed E-state index contributed by atoms with van der Waals surface area (Å²) >= 11 is 2.06. The number of aliphatic hydroxyl groups is 1. The standard InChI is InChI=1S/C12H12INO3/c1-9(7-11(13)8-15)6-10-2-4-12(5-3-10)14(16)17/h2-7,15H,8H2,1H3/b9-6+,11-7+. The van der Waals surface area contributed by atoms with Crippen LogP contribution in [0.1, 0.15) is 12.5 Å². The van der Waals surface area contributed by atoms with Crippen molar-refractivity contribution in [2.24, 2.45) is 0 Å². The molecule has 0 unspecified atom stereocenters. The van der Waals surface area contributed by atoms with Gasteiger partial charge in [0.05, 0.1) is 11.5 Å². The minimum atomic E-state index is -0.422. The third-order valence-electron chi connectivity index (χ3n) is 2.03. The van der Waals surface area contributed by atoms with Gasteiger partial charge in [-0.3, -0.25) is 10.1 Å². The molecule has 0 aromatic heterocycles. The van der Waals surface area contributed by atoms with Gasteiger partial charge in [0.1, 0.15) is 0 Å². The van der Waals surface area contributed by atoms with Gasteiger partial charge >= 0.3 is 0 Å². The lowest BCUT2D eigenvalue weighted by Crippen LogP contribution is -1.87.